The number of fused-ring (bicyclic) bond motifs is 1. The highest BCUT2D eigenvalue weighted by atomic mass is 35.5. The average molecular weight is 394 g/mol. The van der Waals surface area contributed by atoms with E-state index in [2.05, 4.69) is 36.0 Å². The Kier molecular flexibility index (Phi) is 6.39. The summed E-state index contributed by atoms with van der Waals surface area (Å²) in [6.07, 6.45) is 1.64. The van der Waals surface area contributed by atoms with Crippen molar-refractivity contribution in [2.24, 2.45) is 7.05 Å². The van der Waals surface area contributed by atoms with E-state index in [1.54, 1.807) is 40.2 Å². The lowest BCUT2D eigenvalue weighted by Gasteiger charge is -2.21. The zero-order valence-electron chi connectivity index (χ0n) is 15.7. The summed E-state index contributed by atoms with van der Waals surface area (Å²) in [6, 6.07) is 5.93. The highest BCUT2D eigenvalue weighted by Crippen LogP contribution is 2.33. The number of thiazole rings is 1. The minimum atomic E-state index is -0.0730. The summed E-state index contributed by atoms with van der Waals surface area (Å²) >= 11 is 1.58. The second kappa shape index (κ2) is 8.16. The van der Waals surface area contributed by atoms with E-state index in [-0.39, 0.29) is 18.3 Å². The van der Waals surface area contributed by atoms with Crippen molar-refractivity contribution >= 4 is 45.0 Å². The topological polar surface area (TPSA) is 54.3 Å². The van der Waals surface area contributed by atoms with Gasteiger partial charge in [-0.05, 0) is 45.1 Å². The molecule has 0 aliphatic carbocycles. The Hall–Kier alpha value is -1.96. The molecule has 3 rings (SSSR count). The monoisotopic (exact) mass is 393 g/mol. The van der Waals surface area contributed by atoms with Crippen molar-refractivity contribution in [3.8, 4) is 0 Å². The van der Waals surface area contributed by atoms with Gasteiger partial charge in [0, 0.05) is 26.3 Å². The Balaban J connectivity index is 0.00000243. The SMILES string of the molecule is Cc1ccc(C)c2sc(N(CCN(C)C)C(=O)c3ccnn3C)nc12.Cl. The molecule has 0 N–H and O–H groups in total. The largest absolute Gasteiger partial charge is 0.308 e. The fraction of sp³-hybridized carbons (Fsp3) is 0.389. The van der Waals surface area contributed by atoms with E-state index in [0.717, 1.165) is 27.5 Å². The number of rotatable bonds is 5. The second-order valence-corrected chi connectivity index (χ2v) is 7.45. The number of likely N-dealkylation sites (N-methyl/N-ethyl adjacent to an activating group) is 1. The van der Waals surface area contributed by atoms with Gasteiger partial charge in [0.25, 0.3) is 5.91 Å². The van der Waals surface area contributed by atoms with Crippen LogP contribution >= 0.6 is 23.7 Å². The van der Waals surface area contributed by atoms with Crippen LogP contribution in [-0.2, 0) is 7.05 Å². The van der Waals surface area contributed by atoms with Crippen LogP contribution in [0.2, 0.25) is 0 Å². The third kappa shape index (κ3) is 3.90. The van der Waals surface area contributed by atoms with E-state index in [1.165, 1.54) is 5.56 Å². The summed E-state index contributed by atoms with van der Waals surface area (Å²) in [5.41, 5.74) is 3.85. The Labute approximate surface area is 163 Å². The molecule has 2 aromatic heterocycles. The molecule has 0 radical (unpaired) electrons. The van der Waals surface area contributed by atoms with Crippen LogP contribution in [0, 0.1) is 13.8 Å². The number of amides is 1. The quantitative estimate of drug-likeness (QED) is 0.667. The van der Waals surface area contributed by atoms with Gasteiger partial charge in [0.2, 0.25) is 0 Å². The first-order valence-electron chi connectivity index (χ1n) is 8.20. The summed E-state index contributed by atoms with van der Waals surface area (Å²) in [7, 11) is 5.78. The number of hydrogen-bond donors (Lipinski definition) is 0. The number of hydrogen-bond acceptors (Lipinski definition) is 5. The summed E-state index contributed by atoms with van der Waals surface area (Å²) in [6.45, 7) is 5.47. The molecule has 140 valence electrons. The molecule has 0 fully saturated rings. The molecule has 0 spiro atoms. The van der Waals surface area contributed by atoms with Crippen molar-refractivity contribution in [2.75, 3.05) is 32.1 Å². The number of nitrogens with zero attached hydrogens (tertiary/aromatic N) is 5. The molecule has 0 aliphatic rings. The lowest BCUT2D eigenvalue weighted by Crippen LogP contribution is -2.37. The van der Waals surface area contributed by atoms with Crippen molar-refractivity contribution in [1.82, 2.24) is 19.7 Å². The predicted molar refractivity (Wildman–Crippen MR) is 110 cm³/mol. The highest BCUT2D eigenvalue weighted by molar-refractivity contribution is 7.22. The summed E-state index contributed by atoms with van der Waals surface area (Å²) in [5.74, 6) is -0.0730. The Morgan fingerprint density at radius 1 is 1.15 bits per heavy atom. The molecule has 26 heavy (non-hydrogen) atoms. The first-order valence-corrected chi connectivity index (χ1v) is 9.01. The molecule has 0 aliphatic heterocycles. The molecule has 1 aromatic carbocycles. The van der Waals surface area contributed by atoms with E-state index in [9.17, 15) is 4.79 Å². The maximum atomic E-state index is 13.1. The third-order valence-corrected chi connectivity index (χ3v) is 5.43. The molecule has 0 saturated carbocycles. The van der Waals surface area contributed by atoms with Crippen LogP contribution in [0.4, 0.5) is 5.13 Å². The highest BCUT2D eigenvalue weighted by Gasteiger charge is 2.24. The van der Waals surface area contributed by atoms with Gasteiger partial charge in [-0.3, -0.25) is 14.4 Å². The van der Waals surface area contributed by atoms with Crippen molar-refractivity contribution in [1.29, 1.82) is 0 Å². The number of aryl methyl sites for hydroxylation is 3. The number of benzene rings is 1. The molecule has 3 aromatic rings. The van der Waals surface area contributed by atoms with E-state index in [4.69, 9.17) is 4.98 Å². The normalized spacial score (nSPS) is 11.0. The van der Waals surface area contributed by atoms with Crippen LogP contribution in [0.25, 0.3) is 10.2 Å². The lowest BCUT2D eigenvalue weighted by molar-refractivity contribution is 0.0976. The van der Waals surface area contributed by atoms with E-state index in [1.807, 2.05) is 14.1 Å². The number of carbonyl (C=O) groups excluding carboxylic acids is 1. The number of halogens is 1. The minimum absolute atomic E-state index is 0. The zero-order chi connectivity index (χ0) is 18.1. The van der Waals surface area contributed by atoms with Crippen LogP contribution in [0.3, 0.4) is 0 Å². The number of aromatic nitrogens is 3. The van der Waals surface area contributed by atoms with E-state index < -0.39 is 0 Å². The molecule has 6 nitrogen and oxygen atoms in total. The van der Waals surface area contributed by atoms with Gasteiger partial charge in [-0.2, -0.15) is 5.10 Å². The number of carbonyl (C=O) groups is 1. The Morgan fingerprint density at radius 2 is 1.85 bits per heavy atom. The summed E-state index contributed by atoms with van der Waals surface area (Å²) in [5, 5.41) is 4.86. The predicted octanol–water partition coefficient (Wildman–Crippen LogP) is 3.28. The van der Waals surface area contributed by atoms with Crippen LogP contribution in [0.1, 0.15) is 21.6 Å². The van der Waals surface area contributed by atoms with Crippen LogP contribution in [0.5, 0.6) is 0 Å². The van der Waals surface area contributed by atoms with Crippen LogP contribution < -0.4 is 4.90 Å². The van der Waals surface area contributed by atoms with Gasteiger partial charge in [0.15, 0.2) is 5.13 Å². The van der Waals surface area contributed by atoms with E-state index in [0.29, 0.717) is 12.2 Å². The Bertz CT molecular complexity index is 879. The molecule has 0 unspecified atom stereocenters. The molecular weight excluding hydrogens is 370 g/mol. The van der Waals surface area contributed by atoms with Gasteiger partial charge in [-0.15, -0.1) is 12.4 Å². The third-order valence-electron chi connectivity index (χ3n) is 4.22. The molecule has 1 amide bonds. The van der Waals surface area contributed by atoms with Crippen molar-refractivity contribution in [3.05, 3.63) is 41.2 Å². The van der Waals surface area contributed by atoms with Gasteiger partial charge in [-0.1, -0.05) is 23.5 Å². The maximum Gasteiger partial charge on any atom is 0.278 e. The van der Waals surface area contributed by atoms with Gasteiger partial charge in [0.1, 0.15) is 5.69 Å². The van der Waals surface area contributed by atoms with Crippen molar-refractivity contribution < 1.29 is 4.79 Å². The second-order valence-electron chi connectivity index (χ2n) is 6.47. The first kappa shape index (κ1) is 20.4. The number of anilines is 1. The van der Waals surface area contributed by atoms with Crippen molar-refractivity contribution in [3.63, 3.8) is 0 Å². The fourth-order valence-corrected chi connectivity index (χ4v) is 3.81. The molecule has 8 heteroatoms. The lowest BCUT2D eigenvalue weighted by atomic mass is 10.1. The van der Waals surface area contributed by atoms with Gasteiger partial charge in [-0.25, -0.2) is 4.98 Å². The van der Waals surface area contributed by atoms with Gasteiger partial charge < -0.3 is 4.90 Å². The smallest absolute Gasteiger partial charge is 0.278 e. The zero-order valence-corrected chi connectivity index (χ0v) is 17.3. The average Bonchev–Trinajstić information content (AvgIpc) is 3.18. The van der Waals surface area contributed by atoms with Crippen LogP contribution in [0.15, 0.2) is 24.4 Å². The van der Waals surface area contributed by atoms with E-state index >= 15 is 0 Å². The molecule has 0 atom stereocenters. The molecular formula is C18H24ClN5OS. The van der Waals surface area contributed by atoms with Crippen LogP contribution in [-0.4, -0.2) is 52.8 Å². The molecule has 0 bridgehead atoms. The molecule has 0 saturated heterocycles. The van der Waals surface area contributed by atoms with Gasteiger partial charge >= 0.3 is 0 Å². The summed E-state index contributed by atoms with van der Waals surface area (Å²) in [4.78, 5) is 21.7. The molecule has 2 heterocycles. The van der Waals surface area contributed by atoms with Crippen molar-refractivity contribution in [2.45, 2.75) is 13.8 Å². The first-order chi connectivity index (χ1) is 11.9. The standard InChI is InChI=1S/C18H23N5OS.ClH/c1-12-6-7-13(2)16-15(12)20-18(25-16)23(11-10-21(3)4)17(24)14-8-9-19-22(14)5;/h6-9H,10-11H2,1-5H3;1H. The summed E-state index contributed by atoms with van der Waals surface area (Å²) < 4.78 is 2.75. The fourth-order valence-electron chi connectivity index (χ4n) is 2.67. The Morgan fingerprint density at radius 3 is 2.42 bits per heavy atom. The maximum absolute atomic E-state index is 13.1. The minimum Gasteiger partial charge on any atom is -0.308 e. The van der Waals surface area contributed by atoms with Gasteiger partial charge in [0.05, 0.1) is 10.2 Å².